The summed E-state index contributed by atoms with van der Waals surface area (Å²) in [6.45, 7) is 13.3. The first-order chi connectivity index (χ1) is 16.6. The number of amides is 2. The molecule has 196 valence electrons. The number of nitrogens with one attached hydrogen (secondary N) is 1. The van der Waals surface area contributed by atoms with Gasteiger partial charge in [-0.3, -0.25) is 9.69 Å². The Morgan fingerprint density at radius 1 is 1.25 bits per heavy atom. The molecule has 7 heteroatoms. The van der Waals surface area contributed by atoms with Crippen LogP contribution in [-0.2, 0) is 21.5 Å². The number of fused-ring (bicyclic) bond motifs is 2. The lowest BCUT2D eigenvalue weighted by molar-refractivity contribution is -0.156. The van der Waals surface area contributed by atoms with Gasteiger partial charge in [-0.2, -0.15) is 0 Å². The maximum absolute atomic E-state index is 13.7. The van der Waals surface area contributed by atoms with Crippen LogP contribution in [-0.4, -0.2) is 39.8 Å². The molecular weight excluding hydrogens is 476 g/mol. The quantitative estimate of drug-likeness (QED) is 0.485. The standard InChI is InChI=1S/C29H39ClN2O4/c1-18-21-14-32(28-12-11-27(15-28,16-28)23(33)34)24(35)31-29(21,17-36-26(18,5)6)20-8-7-19(22(30)13-20)9-10-25(2,3)4/h7-8,13-14,18H,9-12,15-17H2,1-6H3,(H,31,35)(H,33,34)/t18?,27?,28?,29-/m0/s1. The van der Waals surface area contributed by atoms with E-state index < -0.39 is 28.1 Å². The number of carbonyl (C=O) groups is 2. The lowest BCUT2D eigenvalue weighted by atomic mass is 9.63. The highest BCUT2D eigenvalue weighted by molar-refractivity contribution is 6.31. The summed E-state index contributed by atoms with van der Waals surface area (Å²) < 4.78 is 6.36. The van der Waals surface area contributed by atoms with E-state index in [9.17, 15) is 14.7 Å². The van der Waals surface area contributed by atoms with Crippen LogP contribution in [0.2, 0.25) is 5.02 Å². The van der Waals surface area contributed by atoms with Gasteiger partial charge in [0.2, 0.25) is 0 Å². The summed E-state index contributed by atoms with van der Waals surface area (Å²) >= 11 is 6.80. The number of hydrogen-bond acceptors (Lipinski definition) is 3. The molecule has 2 heterocycles. The monoisotopic (exact) mass is 514 g/mol. The molecule has 5 aliphatic rings. The van der Waals surface area contributed by atoms with Crippen molar-refractivity contribution in [3.8, 4) is 0 Å². The summed E-state index contributed by atoms with van der Waals surface area (Å²) in [5.41, 5.74) is 1.03. The minimum atomic E-state index is -0.808. The molecular formula is C29H39ClN2O4. The number of aryl methyl sites for hydroxylation is 1. The third kappa shape index (κ3) is 3.78. The molecule has 36 heavy (non-hydrogen) atoms. The number of rotatable bonds is 5. The zero-order valence-electron chi connectivity index (χ0n) is 22.3. The van der Waals surface area contributed by atoms with Crippen molar-refractivity contribution in [2.24, 2.45) is 16.7 Å². The zero-order valence-corrected chi connectivity index (χ0v) is 23.1. The van der Waals surface area contributed by atoms with Crippen LogP contribution in [0, 0.1) is 16.7 Å². The van der Waals surface area contributed by atoms with Crippen molar-refractivity contribution in [1.82, 2.24) is 10.2 Å². The average Bonchev–Trinajstić information content (AvgIpc) is 3.33. The molecule has 6 nitrogen and oxygen atoms in total. The highest BCUT2D eigenvalue weighted by Gasteiger charge is 2.69. The number of benzene rings is 1. The Morgan fingerprint density at radius 2 is 1.94 bits per heavy atom. The fourth-order valence-corrected chi connectivity index (χ4v) is 7.07. The van der Waals surface area contributed by atoms with E-state index in [-0.39, 0.29) is 17.4 Å². The van der Waals surface area contributed by atoms with Crippen molar-refractivity contribution < 1.29 is 19.4 Å². The Kier molecular flexibility index (Phi) is 5.67. The van der Waals surface area contributed by atoms with Crippen LogP contribution < -0.4 is 5.32 Å². The molecule has 2 amide bonds. The van der Waals surface area contributed by atoms with Gasteiger partial charge < -0.3 is 15.2 Å². The van der Waals surface area contributed by atoms with Crippen LogP contribution in [0.1, 0.15) is 84.8 Å². The maximum atomic E-state index is 13.7. The molecule has 4 fully saturated rings. The molecule has 3 aliphatic carbocycles. The molecule has 2 bridgehead atoms. The third-order valence-corrected chi connectivity index (χ3v) is 9.88. The largest absolute Gasteiger partial charge is 0.481 e. The van der Waals surface area contributed by atoms with E-state index in [0.717, 1.165) is 29.5 Å². The van der Waals surface area contributed by atoms with Gasteiger partial charge in [-0.25, -0.2) is 4.79 Å². The summed E-state index contributed by atoms with van der Waals surface area (Å²) in [7, 11) is 0. The van der Waals surface area contributed by atoms with Crippen molar-refractivity contribution >= 4 is 23.6 Å². The molecule has 1 aromatic rings. The minimum Gasteiger partial charge on any atom is -0.481 e. The number of aliphatic carboxylic acids is 1. The van der Waals surface area contributed by atoms with Gasteiger partial charge in [-0.1, -0.05) is 51.4 Å². The van der Waals surface area contributed by atoms with E-state index in [4.69, 9.17) is 16.3 Å². The van der Waals surface area contributed by atoms with Crippen LogP contribution >= 0.6 is 11.6 Å². The number of hydrogen-bond donors (Lipinski definition) is 2. The molecule has 0 aromatic heterocycles. The van der Waals surface area contributed by atoms with Gasteiger partial charge in [-0.05, 0) is 80.6 Å². The Hall–Kier alpha value is -2.05. The summed E-state index contributed by atoms with van der Waals surface area (Å²) in [4.78, 5) is 27.4. The topological polar surface area (TPSA) is 78.9 Å². The normalized spacial score (nSPS) is 35.0. The number of carbonyl (C=O) groups excluding carboxylic acids is 1. The highest BCUT2D eigenvalue weighted by atomic mass is 35.5. The number of halogens is 1. The van der Waals surface area contributed by atoms with E-state index >= 15 is 0 Å². The summed E-state index contributed by atoms with van der Waals surface area (Å²) in [5, 5.41) is 13.8. The molecule has 1 unspecified atom stereocenters. The van der Waals surface area contributed by atoms with Gasteiger partial charge in [-0.15, -0.1) is 0 Å². The second kappa shape index (κ2) is 7.97. The first-order valence-electron chi connectivity index (χ1n) is 13.1. The van der Waals surface area contributed by atoms with Crippen molar-refractivity contribution in [1.29, 1.82) is 0 Å². The van der Waals surface area contributed by atoms with E-state index in [2.05, 4.69) is 59.0 Å². The van der Waals surface area contributed by atoms with Crippen LogP contribution in [0.3, 0.4) is 0 Å². The number of nitrogens with zero attached hydrogens (tertiary/aromatic N) is 1. The number of ether oxygens (including phenoxy) is 1. The van der Waals surface area contributed by atoms with Crippen LogP contribution in [0.4, 0.5) is 4.79 Å². The predicted octanol–water partition coefficient (Wildman–Crippen LogP) is 6.27. The Bertz CT molecular complexity index is 1140. The fraction of sp³-hybridized carbons (Fsp3) is 0.655. The lowest BCUT2D eigenvalue weighted by Crippen LogP contribution is -2.68. The van der Waals surface area contributed by atoms with Gasteiger partial charge in [0.25, 0.3) is 0 Å². The summed E-state index contributed by atoms with van der Waals surface area (Å²) in [5.74, 6) is -0.715. The summed E-state index contributed by atoms with van der Waals surface area (Å²) in [6.07, 6.45) is 6.31. The van der Waals surface area contributed by atoms with Crippen molar-refractivity contribution in [2.75, 3.05) is 6.61 Å². The predicted molar refractivity (Wildman–Crippen MR) is 140 cm³/mol. The van der Waals surface area contributed by atoms with E-state index in [1.54, 1.807) is 0 Å². The van der Waals surface area contributed by atoms with Gasteiger partial charge in [0.05, 0.1) is 23.2 Å². The van der Waals surface area contributed by atoms with Crippen molar-refractivity contribution in [3.63, 3.8) is 0 Å². The van der Waals surface area contributed by atoms with Crippen molar-refractivity contribution in [3.05, 3.63) is 46.1 Å². The van der Waals surface area contributed by atoms with Gasteiger partial charge in [0, 0.05) is 17.1 Å². The molecule has 6 rings (SSSR count). The minimum absolute atomic E-state index is 0.0239. The lowest BCUT2D eigenvalue weighted by Gasteiger charge is -2.57. The van der Waals surface area contributed by atoms with Crippen LogP contribution in [0.15, 0.2) is 30.0 Å². The Morgan fingerprint density at radius 3 is 2.53 bits per heavy atom. The van der Waals surface area contributed by atoms with E-state index in [1.807, 2.05) is 17.2 Å². The molecule has 2 N–H and O–H groups in total. The van der Waals surface area contributed by atoms with Gasteiger partial charge >= 0.3 is 12.0 Å². The fourth-order valence-electron chi connectivity index (χ4n) is 6.80. The number of urea groups is 1. The molecule has 2 aliphatic heterocycles. The third-order valence-electron chi connectivity index (χ3n) is 9.53. The van der Waals surface area contributed by atoms with Gasteiger partial charge in [0.1, 0.15) is 5.54 Å². The molecule has 0 radical (unpaired) electrons. The molecule has 1 aromatic carbocycles. The smallest absolute Gasteiger partial charge is 0.322 e. The zero-order chi connectivity index (χ0) is 26.3. The second-order valence-electron chi connectivity index (χ2n) is 13.4. The second-order valence-corrected chi connectivity index (χ2v) is 13.8. The molecule has 1 saturated heterocycles. The average molecular weight is 515 g/mol. The van der Waals surface area contributed by atoms with Crippen LogP contribution in [0.25, 0.3) is 0 Å². The van der Waals surface area contributed by atoms with Crippen molar-refractivity contribution in [2.45, 2.75) is 96.7 Å². The molecule has 3 saturated carbocycles. The summed E-state index contributed by atoms with van der Waals surface area (Å²) in [6, 6.07) is 5.96. The Labute approximate surface area is 219 Å². The van der Waals surface area contributed by atoms with E-state index in [1.165, 1.54) is 0 Å². The van der Waals surface area contributed by atoms with Gasteiger partial charge in [0.15, 0.2) is 0 Å². The molecule has 0 spiro atoms. The highest BCUT2D eigenvalue weighted by Crippen LogP contribution is 2.65. The maximum Gasteiger partial charge on any atom is 0.322 e. The first kappa shape index (κ1) is 25.6. The first-order valence-corrected chi connectivity index (χ1v) is 13.5. The molecule has 2 atom stereocenters. The number of carboxylic acid groups (broad SMARTS) is 1. The van der Waals surface area contributed by atoms with Crippen LogP contribution in [0.5, 0.6) is 0 Å². The van der Waals surface area contributed by atoms with E-state index in [0.29, 0.717) is 37.3 Å². The Balaban J connectivity index is 1.53. The SMILES string of the molecule is CC1C2=CN(C34CCC(C(=O)O)(C3)C4)C(=O)N[C@]2(c2ccc(CCC(C)(C)C)c(Cl)c2)COC1(C)C. The number of carboxylic acids is 1.